The molecule has 0 amide bonds. The first kappa shape index (κ1) is 13.9. The molecule has 15 heavy (non-hydrogen) atoms. The average molecular weight is 206 g/mol. The fraction of sp³-hybridized carbons (Fsp3) is 0.500. The molecule has 0 N–H and O–H groups in total. The second kappa shape index (κ2) is 7.22. The molecule has 0 aliphatic heterocycles. The molecule has 0 heterocycles. The van der Waals surface area contributed by atoms with Crippen LogP contribution in [-0.2, 0) is 0 Å². The third kappa shape index (κ3) is 4.28. The molecule has 0 saturated carbocycles. The van der Waals surface area contributed by atoms with Crippen LogP contribution in [0.3, 0.4) is 0 Å². The van der Waals surface area contributed by atoms with Crippen LogP contribution in [-0.4, -0.2) is 5.78 Å². The highest BCUT2D eigenvalue weighted by Gasteiger charge is 2.12. The van der Waals surface area contributed by atoms with Crippen LogP contribution in [0.1, 0.15) is 50.0 Å². The molecule has 0 aromatic heterocycles. The Morgan fingerprint density at radius 1 is 1.33 bits per heavy atom. The van der Waals surface area contributed by atoms with Crippen LogP contribution in [0.2, 0.25) is 0 Å². The zero-order valence-electron chi connectivity index (χ0n) is 10.5. The van der Waals surface area contributed by atoms with E-state index in [4.69, 9.17) is 0 Å². The zero-order valence-corrected chi connectivity index (χ0v) is 10.5. The van der Waals surface area contributed by atoms with Gasteiger partial charge in [-0.3, -0.25) is 4.79 Å². The van der Waals surface area contributed by atoms with Gasteiger partial charge in [-0.2, -0.15) is 0 Å². The maximum atomic E-state index is 11.7. The van der Waals surface area contributed by atoms with Crippen molar-refractivity contribution in [3.8, 4) is 0 Å². The number of benzene rings is 1. The first-order valence-electron chi connectivity index (χ1n) is 5.76. The highest BCUT2D eigenvalue weighted by molar-refractivity contribution is 5.97. The fourth-order valence-corrected chi connectivity index (χ4v) is 1.27. The van der Waals surface area contributed by atoms with Gasteiger partial charge in [0.25, 0.3) is 0 Å². The Morgan fingerprint density at radius 2 is 1.93 bits per heavy atom. The summed E-state index contributed by atoms with van der Waals surface area (Å²) >= 11 is 0. The standard InChI is InChI=1S/C12H16O.C2H6/c1-4-10(3)12(13)11-7-5-6-9(2)8-11;1-2/h5-8,10H,4H2,1-3H3;1-2H3. The first-order chi connectivity index (χ1) is 7.15. The SMILES string of the molecule is CC.CCC(C)C(=O)c1cccc(C)c1. The number of carbonyl (C=O) groups is 1. The summed E-state index contributed by atoms with van der Waals surface area (Å²) in [6, 6.07) is 7.79. The number of ketones is 1. The van der Waals surface area contributed by atoms with Crippen LogP contribution < -0.4 is 0 Å². The Morgan fingerprint density at radius 3 is 2.40 bits per heavy atom. The van der Waals surface area contributed by atoms with Crippen molar-refractivity contribution in [2.75, 3.05) is 0 Å². The van der Waals surface area contributed by atoms with E-state index < -0.39 is 0 Å². The van der Waals surface area contributed by atoms with Gasteiger partial charge in [-0.1, -0.05) is 51.5 Å². The summed E-state index contributed by atoms with van der Waals surface area (Å²) in [7, 11) is 0. The van der Waals surface area contributed by atoms with Crippen molar-refractivity contribution in [1.82, 2.24) is 0 Å². The number of rotatable bonds is 3. The molecule has 0 radical (unpaired) electrons. The minimum Gasteiger partial charge on any atom is -0.294 e. The summed E-state index contributed by atoms with van der Waals surface area (Å²) in [4.78, 5) is 11.7. The summed E-state index contributed by atoms with van der Waals surface area (Å²) in [6.07, 6.45) is 0.909. The van der Waals surface area contributed by atoms with Crippen LogP contribution in [0.4, 0.5) is 0 Å². The van der Waals surface area contributed by atoms with Crippen molar-refractivity contribution >= 4 is 5.78 Å². The summed E-state index contributed by atoms with van der Waals surface area (Å²) in [6.45, 7) is 10.0. The number of Topliss-reactive ketones (excluding diaryl/α,β-unsaturated/α-hetero) is 1. The van der Waals surface area contributed by atoms with E-state index in [2.05, 4.69) is 0 Å². The van der Waals surface area contributed by atoms with E-state index in [-0.39, 0.29) is 11.7 Å². The molecule has 0 aliphatic rings. The molecule has 1 heteroatoms. The van der Waals surface area contributed by atoms with Crippen LogP contribution in [0, 0.1) is 12.8 Å². The minimum atomic E-state index is 0.141. The van der Waals surface area contributed by atoms with Gasteiger partial charge < -0.3 is 0 Å². The molecule has 1 aromatic carbocycles. The van der Waals surface area contributed by atoms with Gasteiger partial charge in [0.05, 0.1) is 0 Å². The van der Waals surface area contributed by atoms with Crippen LogP contribution >= 0.6 is 0 Å². The monoisotopic (exact) mass is 206 g/mol. The Bertz CT molecular complexity index is 302. The Kier molecular flexibility index (Phi) is 6.68. The Hall–Kier alpha value is -1.11. The molecular formula is C14H22O. The molecule has 1 rings (SSSR count). The van der Waals surface area contributed by atoms with Gasteiger partial charge in [0.2, 0.25) is 0 Å². The molecule has 1 nitrogen and oxygen atoms in total. The second-order valence-corrected chi connectivity index (χ2v) is 3.54. The predicted octanol–water partition coefficient (Wildman–Crippen LogP) is 4.25. The summed E-state index contributed by atoms with van der Waals surface area (Å²) in [5.74, 6) is 0.396. The largest absolute Gasteiger partial charge is 0.294 e. The molecule has 0 aliphatic carbocycles. The van der Waals surface area contributed by atoms with Crippen LogP contribution in [0.25, 0.3) is 0 Å². The van der Waals surface area contributed by atoms with Gasteiger partial charge in [-0.25, -0.2) is 0 Å². The van der Waals surface area contributed by atoms with Gasteiger partial charge >= 0.3 is 0 Å². The molecule has 1 atom stereocenters. The van der Waals surface area contributed by atoms with E-state index in [1.165, 1.54) is 0 Å². The molecule has 84 valence electrons. The lowest BCUT2D eigenvalue weighted by Crippen LogP contribution is -2.09. The van der Waals surface area contributed by atoms with Gasteiger partial charge in [-0.05, 0) is 19.4 Å². The van der Waals surface area contributed by atoms with E-state index in [1.807, 2.05) is 58.9 Å². The lowest BCUT2D eigenvalue weighted by molar-refractivity contribution is 0.0927. The molecule has 0 fully saturated rings. The number of hydrogen-bond donors (Lipinski definition) is 0. The quantitative estimate of drug-likeness (QED) is 0.676. The van der Waals surface area contributed by atoms with E-state index in [0.29, 0.717) is 0 Å². The number of hydrogen-bond acceptors (Lipinski definition) is 1. The van der Waals surface area contributed by atoms with Crippen molar-refractivity contribution < 1.29 is 4.79 Å². The molecule has 0 saturated heterocycles. The Balaban J connectivity index is 0.000000921. The minimum absolute atomic E-state index is 0.141. The maximum Gasteiger partial charge on any atom is 0.165 e. The van der Waals surface area contributed by atoms with E-state index in [0.717, 1.165) is 17.5 Å². The van der Waals surface area contributed by atoms with E-state index >= 15 is 0 Å². The first-order valence-corrected chi connectivity index (χ1v) is 5.76. The lowest BCUT2D eigenvalue weighted by atomic mass is 9.96. The van der Waals surface area contributed by atoms with E-state index in [9.17, 15) is 4.79 Å². The summed E-state index contributed by atoms with van der Waals surface area (Å²) in [5, 5.41) is 0. The molecule has 1 aromatic rings. The Labute approximate surface area is 93.5 Å². The molecule has 1 unspecified atom stereocenters. The molecular weight excluding hydrogens is 184 g/mol. The highest BCUT2D eigenvalue weighted by Crippen LogP contribution is 2.12. The topological polar surface area (TPSA) is 17.1 Å². The fourth-order valence-electron chi connectivity index (χ4n) is 1.27. The van der Waals surface area contributed by atoms with Crippen molar-refractivity contribution in [3.05, 3.63) is 35.4 Å². The molecule has 0 bridgehead atoms. The summed E-state index contributed by atoms with van der Waals surface area (Å²) < 4.78 is 0. The van der Waals surface area contributed by atoms with Crippen LogP contribution in [0.5, 0.6) is 0 Å². The van der Waals surface area contributed by atoms with Crippen molar-refractivity contribution in [1.29, 1.82) is 0 Å². The van der Waals surface area contributed by atoms with Crippen molar-refractivity contribution in [3.63, 3.8) is 0 Å². The molecule has 0 spiro atoms. The normalized spacial score (nSPS) is 11.3. The van der Waals surface area contributed by atoms with Gasteiger partial charge in [0, 0.05) is 11.5 Å². The van der Waals surface area contributed by atoms with Crippen molar-refractivity contribution in [2.24, 2.45) is 5.92 Å². The third-order valence-electron chi connectivity index (χ3n) is 2.36. The van der Waals surface area contributed by atoms with Gasteiger partial charge in [-0.15, -0.1) is 0 Å². The lowest BCUT2D eigenvalue weighted by Gasteiger charge is -2.07. The zero-order chi connectivity index (χ0) is 11.8. The van der Waals surface area contributed by atoms with Gasteiger partial charge in [0.15, 0.2) is 5.78 Å². The number of aryl methyl sites for hydroxylation is 1. The van der Waals surface area contributed by atoms with Crippen LogP contribution in [0.15, 0.2) is 24.3 Å². The third-order valence-corrected chi connectivity index (χ3v) is 2.36. The summed E-state index contributed by atoms with van der Waals surface area (Å²) in [5.41, 5.74) is 1.99. The smallest absolute Gasteiger partial charge is 0.165 e. The van der Waals surface area contributed by atoms with Gasteiger partial charge in [0.1, 0.15) is 0 Å². The maximum absolute atomic E-state index is 11.7. The van der Waals surface area contributed by atoms with E-state index in [1.54, 1.807) is 0 Å². The van der Waals surface area contributed by atoms with Crippen molar-refractivity contribution in [2.45, 2.75) is 41.0 Å². The predicted molar refractivity (Wildman–Crippen MR) is 66.3 cm³/mol. The number of carbonyl (C=O) groups excluding carboxylic acids is 1. The average Bonchev–Trinajstić information content (AvgIpc) is 2.29. The highest BCUT2D eigenvalue weighted by atomic mass is 16.1. The second-order valence-electron chi connectivity index (χ2n) is 3.54.